The van der Waals surface area contributed by atoms with Crippen LogP contribution < -0.4 is 5.32 Å². The monoisotopic (exact) mass is 258 g/mol. The molecule has 0 aromatic rings. The van der Waals surface area contributed by atoms with Gasteiger partial charge in [-0.3, -0.25) is 4.79 Å². The fraction of sp³-hybridized carbons (Fsp3) is 0.833. The topological polar surface area (TPSA) is 89.9 Å². The summed E-state index contributed by atoms with van der Waals surface area (Å²) >= 11 is 0. The van der Waals surface area contributed by atoms with Crippen molar-refractivity contribution in [2.24, 2.45) is 5.92 Å². The third kappa shape index (κ3) is 4.52. The Labute approximate surface area is 107 Å². The molecular formula is C12H22N2O4. The van der Waals surface area contributed by atoms with Crippen molar-refractivity contribution in [3.63, 3.8) is 0 Å². The Morgan fingerprint density at radius 3 is 2.56 bits per heavy atom. The van der Waals surface area contributed by atoms with E-state index in [4.69, 9.17) is 10.2 Å². The number of carboxylic acids is 1. The van der Waals surface area contributed by atoms with Gasteiger partial charge in [0.15, 0.2) is 0 Å². The molecule has 3 N–H and O–H groups in total. The zero-order valence-electron chi connectivity index (χ0n) is 10.8. The van der Waals surface area contributed by atoms with Gasteiger partial charge >= 0.3 is 12.0 Å². The average Bonchev–Trinajstić information content (AvgIpc) is 2.22. The zero-order chi connectivity index (χ0) is 13.5. The Morgan fingerprint density at radius 2 is 2.11 bits per heavy atom. The largest absolute Gasteiger partial charge is 0.481 e. The number of carboxylic acid groups (broad SMARTS) is 1. The molecule has 6 nitrogen and oxygen atoms in total. The summed E-state index contributed by atoms with van der Waals surface area (Å²) in [6, 6.07) is 0.0259. The van der Waals surface area contributed by atoms with Crippen LogP contribution in [0.4, 0.5) is 4.79 Å². The number of amides is 2. The number of aliphatic carboxylic acids is 1. The van der Waals surface area contributed by atoms with Crippen LogP contribution in [0.25, 0.3) is 0 Å². The number of aliphatic hydroxyl groups is 1. The van der Waals surface area contributed by atoms with E-state index in [9.17, 15) is 9.59 Å². The van der Waals surface area contributed by atoms with Crippen LogP contribution in [-0.2, 0) is 4.79 Å². The lowest BCUT2D eigenvalue weighted by Gasteiger charge is -2.37. The lowest BCUT2D eigenvalue weighted by Crippen LogP contribution is -2.50. The highest BCUT2D eigenvalue weighted by molar-refractivity contribution is 5.74. The van der Waals surface area contributed by atoms with Crippen molar-refractivity contribution in [3.05, 3.63) is 0 Å². The third-order valence-corrected chi connectivity index (χ3v) is 3.24. The second-order valence-electron chi connectivity index (χ2n) is 4.89. The normalized spacial score (nSPS) is 16.8. The minimum Gasteiger partial charge on any atom is -0.481 e. The Hall–Kier alpha value is -1.30. The number of urea groups is 1. The van der Waals surface area contributed by atoms with E-state index in [-0.39, 0.29) is 31.0 Å². The molecule has 104 valence electrons. The van der Waals surface area contributed by atoms with Crippen molar-refractivity contribution in [2.75, 3.05) is 19.7 Å². The molecule has 6 heteroatoms. The van der Waals surface area contributed by atoms with Crippen molar-refractivity contribution in [2.45, 2.75) is 38.6 Å². The van der Waals surface area contributed by atoms with Crippen molar-refractivity contribution in [1.82, 2.24) is 10.2 Å². The first-order valence-corrected chi connectivity index (χ1v) is 6.41. The summed E-state index contributed by atoms with van der Waals surface area (Å²) in [5.74, 6) is -0.952. The van der Waals surface area contributed by atoms with Crippen LogP contribution in [0.5, 0.6) is 0 Å². The van der Waals surface area contributed by atoms with Gasteiger partial charge in [0.2, 0.25) is 0 Å². The van der Waals surface area contributed by atoms with E-state index in [0.29, 0.717) is 13.1 Å². The predicted molar refractivity (Wildman–Crippen MR) is 66.2 cm³/mol. The van der Waals surface area contributed by atoms with Gasteiger partial charge in [0.1, 0.15) is 0 Å². The molecule has 1 saturated carbocycles. The van der Waals surface area contributed by atoms with Gasteiger partial charge in [-0.25, -0.2) is 4.79 Å². The summed E-state index contributed by atoms with van der Waals surface area (Å²) in [6.45, 7) is 2.42. The molecule has 1 aliphatic rings. The summed E-state index contributed by atoms with van der Waals surface area (Å²) in [5, 5.41) is 20.3. The summed E-state index contributed by atoms with van der Waals surface area (Å²) < 4.78 is 0. The van der Waals surface area contributed by atoms with Gasteiger partial charge in [-0.05, 0) is 25.2 Å². The molecule has 0 saturated heterocycles. The molecule has 2 amide bonds. The van der Waals surface area contributed by atoms with Crippen LogP contribution in [0, 0.1) is 5.92 Å². The standard InChI is InChI=1S/C12H22N2O4/c1-9(7-11(16)17)8-13-12(18)14(5-6-15)10-3-2-4-10/h9-10,15H,2-8H2,1H3,(H,13,18)(H,16,17). The van der Waals surface area contributed by atoms with Crippen LogP contribution in [0.3, 0.4) is 0 Å². The average molecular weight is 258 g/mol. The maximum Gasteiger partial charge on any atom is 0.317 e. The molecule has 18 heavy (non-hydrogen) atoms. The Balaban J connectivity index is 2.34. The van der Waals surface area contributed by atoms with Gasteiger partial charge in [-0.15, -0.1) is 0 Å². The van der Waals surface area contributed by atoms with E-state index >= 15 is 0 Å². The lowest BCUT2D eigenvalue weighted by molar-refractivity contribution is -0.137. The van der Waals surface area contributed by atoms with Crippen LogP contribution in [0.1, 0.15) is 32.6 Å². The van der Waals surface area contributed by atoms with Crippen LogP contribution in [0.15, 0.2) is 0 Å². The smallest absolute Gasteiger partial charge is 0.317 e. The van der Waals surface area contributed by atoms with E-state index in [1.165, 1.54) is 0 Å². The van der Waals surface area contributed by atoms with Crippen molar-refractivity contribution in [3.8, 4) is 0 Å². The maximum absolute atomic E-state index is 11.9. The summed E-state index contributed by atoms with van der Waals surface area (Å²) in [5.41, 5.74) is 0. The minimum absolute atomic E-state index is 0.0453. The van der Waals surface area contributed by atoms with E-state index in [0.717, 1.165) is 19.3 Å². The molecule has 1 rings (SSSR count). The van der Waals surface area contributed by atoms with E-state index in [2.05, 4.69) is 5.32 Å². The van der Waals surface area contributed by atoms with E-state index < -0.39 is 5.97 Å². The second-order valence-corrected chi connectivity index (χ2v) is 4.89. The van der Waals surface area contributed by atoms with Gasteiger partial charge in [-0.2, -0.15) is 0 Å². The minimum atomic E-state index is -0.858. The molecule has 1 fully saturated rings. The molecule has 1 atom stereocenters. The molecular weight excluding hydrogens is 236 g/mol. The predicted octanol–water partition coefficient (Wildman–Crippen LogP) is 0.654. The molecule has 1 unspecified atom stereocenters. The highest BCUT2D eigenvalue weighted by atomic mass is 16.4. The first kappa shape index (κ1) is 14.8. The van der Waals surface area contributed by atoms with E-state index in [1.54, 1.807) is 11.8 Å². The Kier molecular flexibility index (Phi) is 5.91. The van der Waals surface area contributed by atoms with Crippen molar-refractivity contribution < 1.29 is 19.8 Å². The molecule has 0 aromatic heterocycles. The van der Waals surface area contributed by atoms with Gasteiger partial charge in [0.25, 0.3) is 0 Å². The molecule has 0 aliphatic heterocycles. The Morgan fingerprint density at radius 1 is 1.44 bits per heavy atom. The second kappa shape index (κ2) is 7.20. The van der Waals surface area contributed by atoms with Gasteiger partial charge in [-0.1, -0.05) is 6.92 Å². The van der Waals surface area contributed by atoms with Gasteiger partial charge < -0.3 is 20.4 Å². The lowest BCUT2D eigenvalue weighted by atomic mass is 9.91. The zero-order valence-corrected chi connectivity index (χ0v) is 10.8. The number of nitrogens with zero attached hydrogens (tertiary/aromatic N) is 1. The maximum atomic E-state index is 11.9. The Bertz CT molecular complexity index is 292. The number of carbonyl (C=O) groups is 2. The number of rotatable bonds is 7. The van der Waals surface area contributed by atoms with Crippen LogP contribution in [0.2, 0.25) is 0 Å². The molecule has 0 heterocycles. The summed E-state index contributed by atoms with van der Waals surface area (Å²) in [6.07, 6.45) is 3.13. The first-order chi connectivity index (χ1) is 8.54. The quantitative estimate of drug-likeness (QED) is 0.625. The number of aliphatic hydroxyl groups excluding tert-OH is 1. The number of nitrogens with one attached hydrogen (secondary N) is 1. The molecule has 0 spiro atoms. The molecule has 0 aromatic carbocycles. The van der Waals surface area contributed by atoms with Crippen molar-refractivity contribution in [1.29, 1.82) is 0 Å². The van der Waals surface area contributed by atoms with Crippen LogP contribution in [-0.4, -0.2) is 52.9 Å². The number of hydrogen-bond acceptors (Lipinski definition) is 3. The molecule has 0 radical (unpaired) electrons. The van der Waals surface area contributed by atoms with Crippen LogP contribution >= 0.6 is 0 Å². The summed E-state index contributed by atoms with van der Waals surface area (Å²) in [7, 11) is 0. The SMILES string of the molecule is CC(CNC(=O)N(CCO)C1CCC1)CC(=O)O. The number of hydrogen-bond donors (Lipinski definition) is 3. The van der Waals surface area contributed by atoms with Crippen molar-refractivity contribution >= 4 is 12.0 Å². The number of carbonyl (C=O) groups excluding carboxylic acids is 1. The van der Waals surface area contributed by atoms with Gasteiger partial charge in [0.05, 0.1) is 6.61 Å². The molecule has 0 bridgehead atoms. The fourth-order valence-corrected chi connectivity index (χ4v) is 1.99. The first-order valence-electron chi connectivity index (χ1n) is 6.41. The highest BCUT2D eigenvalue weighted by Crippen LogP contribution is 2.24. The van der Waals surface area contributed by atoms with E-state index in [1.807, 2.05) is 0 Å². The highest BCUT2D eigenvalue weighted by Gasteiger charge is 2.28. The van der Waals surface area contributed by atoms with Gasteiger partial charge in [0, 0.05) is 25.6 Å². The fourth-order valence-electron chi connectivity index (χ4n) is 1.99. The molecule has 1 aliphatic carbocycles. The summed E-state index contributed by atoms with van der Waals surface area (Å²) in [4.78, 5) is 24.1. The third-order valence-electron chi connectivity index (χ3n) is 3.24.